The predicted octanol–water partition coefficient (Wildman–Crippen LogP) is 4.41. The maximum Gasteiger partial charge on any atom is 0.257 e. The number of aryl methyl sites for hydroxylation is 1. The van der Waals surface area contributed by atoms with E-state index in [0.29, 0.717) is 10.7 Å². The number of hydrogen-bond donors (Lipinski definition) is 1. The van der Waals surface area contributed by atoms with Gasteiger partial charge in [-0.05, 0) is 24.1 Å². The number of hydrogen-bond acceptors (Lipinski definition) is 4. The summed E-state index contributed by atoms with van der Waals surface area (Å²) in [6.07, 6.45) is 5.42. The number of thiazole rings is 1. The van der Waals surface area contributed by atoms with Crippen LogP contribution in [-0.2, 0) is 6.42 Å². The summed E-state index contributed by atoms with van der Waals surface area (Å²) < 4.78 is 0. The summed E-state index contributed by atoms with van der Waals surface area (Å²) in [6.45, 7) is 2.17. The van der Waals surface area contributed by atoms with Crippen LogP contribution < -0.4 is 5.32 Å². The highest BCUT2D eigenvalue weighted by molar-refractivity contribution is 7.14. The van der Waals surface area contributed by atoms with Crippen molar-refractivity contribution in [3.63, 3.8) is 0 Å². The number of carbonyl (C=O) groups is 1. The van der Waals surface area contributed by atoms with Crippen molar-refractivity contribution in [2.24, 2.45) is 0 Å². The van der Waals surface area contributed by atoms with Crippen LogP contribution in [0.3, 0.4) is 0 Å². The fourth-order valence-electron chi connectivity index (χ4n) is 2.27. The van der Waals surface area contributed by atoms with E-state index in [-0.39, 0.29) is 5.91 Å². The highest BCUT2D eigenvalue weighted by Gasteiger charge is 2.09. The molecule has 0 aliphatic carbocycles. The minimum Gasteiger partial charge on any atom is -0.298 e. The molecule has 5 heteroatoms. The van der Waals surface area contributed by atoms with Crippen LogP contribution in [0, 0.1) is 0 Å². The summed E-state index contributed by atoms with van der Waals surface area (Å²) in [5, 5.41) is 5.37. The summed E-state index contributed by atoms with van der Waals surface area (Å²) in [5.74, 6) is -0.174. The molecule has 0 radical (unpaired) electrons. The van der Waals surface area contributed by atoms with Crippen LogP contribution in [-0.4, -0.2) is 15.9 Å². The zero-order chi connectivity index (χ0) is 16.1. The Morgan fingerprint density at radius 1 is 1.13 bits per heavy atom. The van der Waals surface area contributed by atoms with Gasteiger partial charge in [-0.1, -0.05) is 37.6 Å². The molecule has 0 bridgehead atoms. The molecule has 0 atom stereocenters. The Hall–Kier alpha value is -2.53. The number of amides is 1. The molecular formula is C18H17N3OS. The minimum atomic E-state index is -0.174. The van der Waals surface area contributed by atoms with Gasteiger partial charge in [0.2, 0.25) is 0 Å². The highest BCUT2D eigenvalue weighted by atomic mass is 32.1. The van der Waals surface area contributed by atoms with Crippen molar-refractivity contribution in [3.8, 4) is 11.3 Å². The summed E-state index contributed by atoms with van der Waals surface area (Å²) >= 11 is 1.42. The Bertz CT molecular complexity index is 782. The third-order valence-corrected chi connectivity index (χ3v) is 4.21. The molecule has 0 fully saturated rings. The standard InChI is InChI=1S/C18H17N3OS/c1-2-3-13-4-6-14(7-5-13)16-12-23-18(20-16)21-17(22)15-8-10-19-11-9-15/h4-12H,2-3H2,1H3,(H,20,21,22). The lowest BCUT2D eigenvalue weighted by molar-refractivity contribution is 0.102. The van der Waals surface area contributed by atoms with Crippen molar-refractivity contribution < 1.29 is 4.79 Å². The van der Waals surface area contributed by atoms with Crippen molar-refractivity contribution in [2.75, 3.05) is 5.32 Å². The number of anilines is 1. The van der Waals surface area contributed by atoms with Crippen LogP contribution >= 0.6 is 11.3 Å². The van der Waals surface area contributed by atoms with Crippen LogP contribution in [0.2, 0.25) is 0 Å². The predicted molar refractivity (Wildman–Crippen MR) is 93.7 cm³/mol. The molecular weight excluding hydrogens is 306 g/mol. The molecule has 0 saturated carbocycles. The monoisotopic (exact) mass is 323 g/mol. The second-order valence-electron chi connectivity index (χ2n) is 5.17. The van der Waals surface area contributed by atoms with Gasteiger partial charge in [0, 0.05) is 28.9 Å². The summed E-state index contributed by atoms with van der Waals surface area (Å²) in [7, 11) is 0. The molecule has 0 spiro atoms. The molecule has 116 valence electrons. The lowest BCUT2D eigenvalue weighted by atomic mass is 10.1. The molecule has 1 amide bonds. The third kappa shape index (κ3) is 3.81. The fourth-order valence-corrected chi connectivity index (χ4v) is 2.98. The molecule has 0 aliphatic rings. The summed E-state index contributed by atoms with van der Waals surface area (Å²) in [5.41, 5.74) is 3.84. The normalized spacial score (nSPS) is 10.5. The second kappa shape index (κ2) is 7.15. The molecule has 1 aromatic carbocycles. The molecule has 4 nitrogen and oxygen atoms in total. The van der Waals surface area contributed by atoms with Gasteiger partial charge in [0.1, 0.15) is 0 Å². The molecule has 0 unspecified atom stereocenters. The van der Waals surface area contributed by atoms with Gasteiger partial charge in [-0.2, -0.15) is 0 Å². The number of rotatable bonds is 5. The first kappa shape index (κ1) is 15.4. The molecule has 23 heavy (non-hydrogen) atoms. The molecule has 0 saturated heterocycles. The molecule has 0 aliphatic heterocycles. The zero-order valence-electron chi connectivity index (χ0n) is 12.8. The van der Waals surface area contributed by atoms with Crippen LogP contribution in [0.1, 0.15) is 29.3 Å². The third-order valence-electron chi connectivity index (χ3n) is 3.46. The van der Waals surface area contributed by atoms with Gasteiger partial charge in [-0.15, -0.1) is 11.3 Å². The first-order valence-electron chi connectivity index (χ1n) is 7.52. The first-order valence-corrected chi connectivity index (χ1v) is 8.40. The molecule has 3 aromatic rings. The van der Waals surface area contributed by atoms with E-state index in [1.54, 1.807) is 24.5 Å². The van der Waals surface area contributed by atoms with E-state index in [4.69, 9.17) is 0 Å². The summed E-state index contributed by atoms with van der Waals surface area (Å²) in [6, 6.07) is 11.8. The van der Waals surface area contributed by atoms with E-state index < -0.39 is 0 Å². The summed E-state index contributed by atoms with van der Waals surface area (Å²) in [4.78, 5) is 20.5. The van der Waals surface area contributed by atoms with Gasteiger partial charge in [0.25, 0.3) is 5.91 Å². The molecule has 2 aromatic heterocycles. The number of carbonyl (C=O) groups excluding carboxylic acids is 1. The van der Waals surface area contributed by atoms with Crippen LogP contribution in [0.5, 0.6) is 0 Å². The number of nitrogens with zero attached hydrogens (tertiary/aromatic N) is 2. The maximum absolute atomic E-state index is 12.1. The Labute approximate surface area is 139 Å². The van der Waals surface area contributed by atoms with Crippen LogP contribution in [0.25, 0.3) is 11.3 Å². The maximum atomic E-state index is 12.1. The fraction of sp³-hybridized carbons (Fsp3) is 0.167. The van der Waals surface area contributed by atoms with Crippen molar-refractivity contribution in [1.82, 2.24) is 9.97 Å². The largest absolute Gasteiger partial charge is 0.298 e. The lowest BCUT2D eigenvalue weighted by Gasteiger charge is -2.02. The van der Waals surface area contributed by atoms with E-state index in [1.165, 1.54) is 16.9 Å². The molecule has 3 rings (SSSR count). The van der Waals surface area contributed by atoms with Crippen molar-refractivity contribution in [3.05, 3.63) is 65.3 Å². The number of pyridine rings is 1. The van der Waals surface area contributed by atoms with Gasteiger partial charge in [0.05, 0.1) is 5.69 Å². The smallest absolute Gasteiger partial charge is 0.257 e. The lowest BCUT2D eigenvalue weighted by Crippen LogP contribution is -2.11. The molecule has 2 heterocycles. The van der Waals surface area contributed by atoms with E-state index in [0.717, 1.165) is 24.1 Å². The quantitative estimate of drug-likeness (QED) is 0.756. The Morgan fingerprint density at radius 2 is 1.87 bits per heavy atom. The Morgan fingerprint density at radius 3 is 2.57 bits per heavy atom. The van der Waals surface area contributed by atoms with E-state index in [1.807, 2.05) is 5.38 Å². The number of nitrogens with one attached hydrogen (secondary N) is 1. The van der Waals surface area contributed by atoms with Crippen LogP contribution in [0.4, 0.5) is 5.13 Å². The van der Waals surface area contributed by atoms with E-state index >= 15 is 0 Å². The minimum absolute atomic E-state index is 0.174. The SMILES string of the molecule is CCCc1ccc(-c2csc(NC(=O)c3ccncc3)n2)cc1. The average molecular weight is 323 g/mol. The Kier molecular flexibility index (Phi) is 4.78. The van der Waals surface area contributed by atoms with Crippen molar-refractivity contribution in [2.45, 2.75) is 19.8 Å². The average Bonchev–Trinajstić information content (AvgIpc) is 3.05. The molecule has 1 N–H and O–H groups in total. The topological polar surface area (TPSA) is 54.9 Å². The van der Waals surface area contributed by atoms with E-state index in [9.17, 15) is 4.79 Å². The second-order valence-corrected chi connectivity index (χ2v) is 6.03. The van der Waals surface area contributed by atoms with E-state index in [2.05, 4.69) is 46.5 Å². The van der Waals surface area contributed by atoms with Gasteiger partial charge < -0.3 is 0 Å². The highest BCUT2D eigenvalue weighted by Crippen LogP contribution is 2.25. The van der Waals surface area contributed by atoms with Gasteiger partial charge in [-0.3, -0.25) is 15.1 Å². The number of aromatic nitrogens is 2. The van der Waals surface area contributed by atoms with Gasteiger partial charge >= 0.3 is 0 Å². The Balaban J connectivity index is 1.71. The van der Waals surface area contributed by atoms with Gasteiger partial charge in [0.15, 0.2) is 5.13 Å². The van der Waals surface area contributed by atoms with Crippen LogP contribution in [0.15, 0.2) is 54.2 Å². The first-order chi connectivity index (χ1) is 11.3. The van der Waals surface area contributed by atoms with Crippen molar-refractivity contribution in [1.29, 1.82) is 0 Å². The zero-order valence-corrected chi connectivity index (χ0v) is 13.6. The van der Waals surface area contributed by atoms with Gasteiger partial charge in [-0.25, -0.2) is 4.98 Å². The number of benzene rings is 1. The van der Waals surface area contributed by atoms with Crippen molar-refractivity contribution >= 4 is 22.4 Å².